The monoisotopic (exact) mass is 378 g/mol. The van der Waals surface area contributed by atoms with E-state index in [0.29, 0.717) is 16.9 Å². The van der Waals surface area contributed by atoms with E-state index in [4.69, 9.17) is 9.47 Å². The summed E-state index contributed by atoms with van der Waals surface area (Å²) in [6.45, 7) is 4.28. The third-order valence-corrected chi connectivity index (χ3v) is 7.23. The second kappa shape index (κ2) is 6.07. The molecular formula is C24H26O4. The Morgan fingerprint density at radius 2 is 1.96 bits per heavy atom. The van der Waals surface area contributed by atoms with Gasteiger partial charge in [0, 0.05) is 11.5 Å². The van der Waals surface area contributed by atoms with E-state index in [0.717, 1.165) is 44.1 Å². The summed E-state index contributed by atoms with van der Waals surface area (Å²) in [6, 6.07) is 7.73. The first-order valence-corrected chi connectivity index (χ1v) is 10.6. The molecule has 6 rings (SSSR count). The van der Waals surface area contributed by atoms with Crippen LogP contribution in [0.2, 0.25) is 0 Å². The molecule has 1 saturated carbocycles. The van der Waals surface area contributed by atoms with Gasteiger partial charge in [0.15, 0.2) is 5.60 Å². The largest absolute Gasteiger partial charge is 0.449 e. The van der Waals surface area contributed by atoms with Crippen molar-refractivity contribution in [1.82, 2.24) is 0 Å². The van der Waals surface area contributed by atoms with Crippen LogP contribution in [0.15, 0.2) is 47.7 Å². The fraction of sp³-hybridized carbons (Fsp3) is 0.500. The van der Waals surface area contributed by atoms with Crippen molar-refractivity contribution in [2.75, 3.05) is 0 Å². The van der Waals surface area contributed by atoms with E-state index in [1.165, 1.54) is 0 Å². The fourth-order valence-electron chi connectivity index (χ4n) is 6.26. The summed E-state index contributed by atoms with van der Waals surface area (Å²) in [7, 11) is 0. The van der Waals surface area contributed by atoms with E-state index in [-0.39, 0.29) is 23.8 Å². The molecule has 2 bridgehead atoms. The van der Waals surface area contributed by atoms with Crippen LogP contribution in [-0.4, -0.2) is 11.9 Å². The van der Waals surface area contributed by atoms with Crippen molar-refractivity contribution in [3.8, 4) is 0 Å². The molecule has 0 N–H and O–H groups in total. The van der Waals surface area contributed by atoms with Gasteiger partial charge in [0.1, 0.15) is 11.2 Å². The number of esters is 2. The Morgan fingerprint density at radius 3 is 2.75 bits per heavy atom. The highest BCUT2D eigenvalue weighted by Crippen LogP contribution is 2.72. The quantitative estimate of drug-likeness (QED) is 0.688. The maximum Gasteiger partial charge on any atom is 0.340 e. The molecule has 146 valence electrons. The molecule has 2 fully saturated rings. The number of fused-ring (bicyclic) bond motifs is 2. The minimum Gasteiger partial charge on any atom is -0.449 e. The summed E-state index contributed by atoms with van der Waals surface area (Å²) < 4.78 is 12.2. The molecule has 4 heteroatoms. The zero-order valence-electron chi connectivity index (χ0n) is 16.5. The summed E-state index contributed by atoms with van der Waals surface area (Å²) >= 11 is 0. The second-order valence-corrected chi connectivity index (χ2v) is 8.50. The van der Waals surface area contributed by atoms with Crippen molar-refractivity contribution >= 4 is 11.9 Å². The van der Waals surface area contributed by atoms with E-state index in [1.54, 1.807) is 0 Å². The molecular weight excluding hydrogens is 352 g/mol. The van der Waals surface area contributed by atoms with Gasteiger partial charge in [-0.05, 0) is 43.7 Å². The molecule has 0 unspecified atom stereocenters. The maximum absolute atomic E-state index is 13.0. The Kier molecular flexibility index (Phi) is 3.84. The lowest BCUT2D eigenvalue weighted by Crippen LogP contribution is -2.59. The Morgan fingerprint density at radius 1 is 1.14 bits per heavy atom. The van der Waals surface area contributed by atoms with E-state index in [9.17, 15) is 9.59 Å². The SMILES string of the molecule is CCC/C=C1\OC(=O)C2=C[C@H]3CC[C@]21[C@]1(OC(=O)c2ccccc21)[C@@H]3CCC. The highest BCUT2D eigenvalue weighted by Gasteiger charge is 2.75. The number of hydrogen-bond donors (Lipinski definition) is 0. The van der Waals surface area contributed by atoms with E-state index in [2.05, 4.69) is 26.0 Å². The lowest BCUT2D eigenvalue weighted by molar-refractivity contribution is -0.152. The zero-order valence-corrected chi connectivity index (χ0v) is 16.5. The van der Waals surface area contributed by atoms with E-state index < -0.39 is 11.0 Å². The fourth-order valence-corrected chi connectivity index (χ4v) is 6.26. The smallest absolute Gasteiger partial charge is 0.340 e. The standard InChI is InChI=1S/C24H26O4/c1-3-5-11-20-23-13-12-15(14-19(23)22(26)27-20)17(8-4-2)24(23)18-10-7-6-9-16(18)21(25)28-24/h6-7,9-11,14-15,17H,3-5,8,12-13H2,1-2H3/b20-11-/t15-,17-,23+,24+/m1/s1. The number of ether oxygens (including phenoxy) is 2. The molecule has 4 atom stereocenters. The first-order valence-electron chi connectivity index (χ1n) is 10.6. The molecule has 1 aromatic carbocycles. The van der Waals surface area contributed by atoms with Crippen molar-refractivity contribution in [2.45, 2.75) is 58.0 Å². The minimum absolute atomic E-state index is 0.155. The number of rotatable bonds is 4. The van der Waals surface area contributed by atoms with Crippen molar-refractivity contribution in [3.63, 3.8) is 0 Å². The van der Waals surface area contributed by atoms with E-state index in [1.807, 2.05) is 24.3 Å². The molecule has 2 spiro atoms. The average Bonchev–Trinajstić information content (AvgIpc) is 3.17. The van der Waals surface area contributed by atoms with Crippen molar-refractivity contribution in [3.05, 3.63) is 58.9 Å². The molecule has 0 amide bonds. The van der Waals surface area contributed by atoms with Crippen molar-refractivity contribution in [1.29, 1.82) is 0 Å². The van der Waals surface area contributed by atoms with Gasteiger partial charge in [-0.15, -0.1) is 0 Å². The predicted molar refractivity (Wildman–Crippen MR) is 104 cm³/mol. The van der Waals surface area contributed by atoms with Crippen LogP contribution in [-0.2, 0) is 19.9 Å². The van der Waals surface area contributed by atoms with Gasteiger partial charge in [-0.25, -0.2) is 9.59 Å². The Hall–Kier alpha value is -2.36. The normalized spacial score (nSPS) is 36.4. The Bertz CT molecular complexity index is 926. The van der Waals surface area contributed by atoms with Gasteiger partial charge in [0.2, 0.25) is 0 Å². The topological polar surface area (TPSA) is 52.6 Å². The van der Waals surface area contributed by atoms with Crippen LogP contribution in [0.3, 0.4) is 0 Å². The third kappa shape index (κ3) is 1.91. The number of allylic oxidation sites excluding steroid dienone is 2. The lowest BCUT2D eigenvalue weighted by atomic mass is 9.46. The number of cyclic esters (lactones) is 1. The van der Waals surface area contributed by atoms with Crippen LogP contribution >= 0.6 is 0 Å². The molecule has 3 aliphatic carbocycles. The minimum atomic E-state index is -0.838. The van der Waals surface area contributed by atoms with Gasteiger partial charge in [0.25, 0.3) is 0 Å². The number of hydrogen-bond acceptors (Lipinski definition) is 4. The summed E-state index contributed by atoms with van der Waals surface area (Å²) in [5.41, 5.74) is 0.766. The van der Waals surface area contributed by atoms with Crippen LogP contribution in [0, 0.1) is 17.3 Å². The molecule has 1 aromatic rings. The molecule has 2 aliphatic heterocycles. The molecule has 1 saturated heterocycles. The van der Waals surface area contributed by atoms with Crippen molar-refractivity contribution in [2.24, 2.45) is 17.3 Å². The molecule has 28 heavy (non-hydrogen) atoms. The molecule has 5 aliphatic rings. The predicted octanol–water partition coefficient (Wildman–Crippen LogP) is 5.05. The molecule has 0 aromatic heterocycles. The van der Waals surface area contributed by atoms with Gasteiger partial charge >= 0.3 is 11.9 Å². The zero-order chi connectivity index (χ0) is 19.5. The van der Waals surface area contributed by atoms with Crippen LogP contribution in [0.25, 0.3) is 0 Å². The first-order chi connectivity index (χ1) is 13.6. The number of benzene rings is 1. The van der Waals surface area contributed by atoms with Gasteiger partial charge < -0.3 is 9.47 Å². The molecule has 0 radical (unpaired) electrons. The molecule has 2 heterocycles. The Balaban J connectivity index is 1.83. The highest BCUT2D eigenvalue weighted by molar-refractivity contribution is 5.99. The summed E-state index contributed by atoms with van der Waals surface area (Å²) in [6.07, 6.45) is 9.74. The molecule has 4 nitrogen and oxygen atoms in total. The van der Waals surface area contributed by atoms with Crippen molar-refractivity contribution < 1.29 is 19.1 Å². The number of unbranched alkanes of at least 4 members (excludes halogenated alkanes) is 1. The van der Waals surface area contributed by atoms with Gasteiger partial charge in [-0.1, -0.05) is 51.0 Å². The highest BCUT2D eigenvalue weighted by atomic mass is 16.6. The Labute approximate surface area is 165 Å². The van der Waals surface area contributed by atoms with Crippen LogP contribution in [0.1, 0.15) is 68.3 Å². The summed E-state index contributed by atoms with van der Waals surface area (Å²) in [5.74, 6) is 0.555. The van der Waals surface area contributed by atoms with Gasteiger partial charge in [0.05, 0.1) is 11.1 Å². The maximum atomic E-state index is 13.0. The third-order valence-electron chi connectivity index (χ3n) is 7.23. The van der Waals surface area contributed by atoms with Crippen LogP contribution in [0.5, 0.6) is 0 Å². The summed E-state index contributed by atoms with van der Waals surface area (Å²) in [5, 5.41) is 0. The van der Waals surface area contributed by atoms with Gasteiger partial charge in [-0.3, -0.25) is 0 Å². The van der Waals surface area contributed by atoms with Gasteiger partial charge in [-0.2, -0.15) is 0 Å². The van der Waals surface area contributed by atoms with E-state index >= 15 is 0 Å². The second-order valence-electron chi connectivity index (χ2n) is 8.50. The number of carbonyl (C=O) groups is 2. The summed E-state index contributed by atoms with van der Waals surface area (Å²) in [4.78, 5) is 25.9. The lowest BCUT2D eigenvalue weighted by Gasteiger charge is -2.58. The van der Waals surface area contributed by atoms with Crippen LogP contribution < -0.4 is 0 Å². The average molecular weight is 378 g/mol. The van der Waals surface area contributed by atoms with Crippen LogP contribution in [0.4, 0.5) is 0 Å². The number of carbonyl (C=O) groups excluding carboxylic acids is 2. The first kappa shape index (κ1) is 17.7.